The SMILES string of the molecule is CNc1ccccc1-c1[c-]cccc1.CS(=O)(=O)[O-].[Pd+2].c1ccc(P(C23CC4CC(CC(C4)C2)C3)C23CC4CC(CC(C4)C2)C3)c(N2CCOCC2)c1. The summed E-state index contributed by atoms with van der Waals surface area (Å²) in [5, 5.41) is 6.35. The van der Waals surface area contributed by atoms with Gasteiger partial charge in [0.2, 0.25) is 0 Å². The van der Waals surface area contributed by atoms with E-state index in [4.69, 9.17) is 17.7 Å². The molecule has 0 amide bonds. The molecular weight excluding hydrogens is 790 g/mol. The van der Waals surface area contributed by atoms with Crippen LogP contribution in [-0.2, 0) is 35.3 Å². The fraction of sp³-hybridized carbons (Fsp3) is 0.591. The molecule has 8 aliphatic carbocycles. The quantitative estimate of drug-likeness (QED) is 0.116. The number of ether oxygens (including phenoxy) is 1. The number of morpholine rings is 1. The number of nitrogens with one attached hydrogen (secondary N) is 1. The maximum absolute atomic E-state index is 9.08. The van der Waals surface area contributed by atoms with Crippen LogP contribution in [0.15, 0.2) is 72.8 Å². The third kappa shape index (κ3) is 8.65. The molecule has 0 unspecified atom stereocenters. The molecule has 0 aromatic heterocycles. The monoisotopic (exact) mass is 846 g/mol. The van der Waals surface area contributed by atoms with Crippen LogP contribution in [0.5, 0.6) is 0 Å². The molecule has 1 saturated heterocycles. The van der Waals surface area contributed by atoms with E-state index in [0.29, 0.717) is 16.6 Å². The van der Waals surface area contributed by atoms with E-state index in [1.54, 1.807) is 82.7 Å². The number of hydrogen-bond donors (Lipinski definition) is 1. The molecule has 0 radical (unpaired) electrons. The fourth-order valence-electron chi connectivity index (χ4n) is 12.9. The van der Waals surface area contributed by atoms with Crippen molar-refractivity contribution in [1.82, 2.24) is 0 Å². The molecule has 1 N–H and O–H groups in total. The Morgan fingerprint density at radius 3 is 1.66 bits per heavy atom. The molecule has 8 bridgehead atoms. The Balaban J connectivity index is 0.000000182. The summed E-state index contributed by atoms with van der Waals surface area (Å²) in [7, 11) is -2.12. The van der Waals surface area contributed by atoms with E-state index in [1.807, 2.05) is 42.7 Å². The van der Waals surface area contributed by atoms with E-state index in [2.05, 4.69) is 58.7 Å². The van der Waals surface area contributed by atoms with Crippen molar-refractivity contribution in [2.24, 2.45) is 35.5 Å². The summed E-state index contributed by atoms with van der Waals surface area (Å²) in [6, 6.07) is 29.4. The van der Waals surface area contributed by atoms with Crippen LogP contribution < -0.4 is 15.5 Å². The van der Waals surface area contributed by atoms with E-state index < -0.39 is 10.1 Å². The minimum atomic E-state index is -3.92. The summed E-state index contributed by atoms with van der Waals surface area (Å²) in [4.78, 5) is 2.72. The number of rotatable bonds is 6. The number of benzene rings is 3. The molecule has 9 fully saturated rings. The van der Waals surface area contributed by atoms with Gasteiger partial charge in [0.25, 0.3) is 0 Å². The molecule has 0 atom stereocenters. The molecule has 8 saturated carbocycles. The van der Waals surface area contributed by atoms with Gasteiger partial charge in [-0.15, -0.1) is 35.9 Å². The first kappa shape index (κ1) is 39.5. The van der Waals surface area contributed by atoms with Crippen molar-refractivity contribution < 1.29 is 38.1 Å². The molecule has 1 heterocycles. The normalized spacial score (nSPS) is 33.8. The summed E-state index contributed by atoms with van der Waals surface area (Å²) < 4.78 is 33.0. The Bertz CT molecular complexity index is 1680. The molecule has 12 rings (SSSR count). The molecule has 9 aliphatic rings. The number of hydrogen-bond acceptors (Lipinski definition) is 6. The molecule has 0 spiro atoms. The largest absolute Gasteiger partial charge is 2.00 e. The minimum absolute atomic E-state index is 0. The summed E-state index contributed by atoms with van der Waals surface area (Å²) >= 11 is 0. The molecule has 1 aliphatic heterocycles. The van der Waals surface area contributed by atoms with Crippen molar-refractivity contribution in [2.45, 2.75) is 87.4 Å². The third-order valence-corrected chi connectivity index (χ3v) is 17.5. The van der Waals surface area contributed by atoms with Crippen molar-refractivity contribution >= 4 is 34.7 Å². The Morgan fingerprint density at radius 2 is 1.19 bits per heavy atom. The van der Waals surface area contributed by atoms with Gasteiger partial charge < -0.3 is 19.5 Å². The van der Waals surface area contributed by atoms with Gasteiger partial charge >= 0.3 is 20.4 Å². The van der Waals surface area contributed by atoms with Gasteiger partial charge in [0, 0.05) is 37.4 Å². The first-order valence-electron chi connectivity index (χ1n) is 20.0. The van der Waals surface area contributed by atoms with Crippen LogP contribution in [0.1, 0.15) is 77.0 Å². The fourth-order valence-corrected chi connectivity index (χ4v) is 18.3. The Hall–Kier alpha value is -1.78. The zero-order chi connectivity index (χ0) is 35.9. The maximum atomic E-state index is 9.08. The van der Waals surface area contributed by atoms with Gasteiger partial charge in [-0.2, -0.15) is 0 Å². The van der Waals surface area contributed by atoms with Crippen molar-refractivity contribution in [1.29, 1.82) is 0 Å². The Labute approximate surface area is 333 Å². The van der Waals surface area contributed by atoms with Crippen LogP contribution in [0.3, 0.4) is 0 Å². The van der Waals surface area contributed by atoms with E-state index in [1.165, 1.54) is 5.56 Å². The van der Waals surface area contributed by atoms with Crippen molar-refractivity contribution in [3.05, 3.63) is 78.9 Å². The zero-order valence-corrected chi connectivity index (χ0v) is 34.7. The van der Waals surface area contributed by atoms with Gasteiger partial charge in [0.1, 0.15) is 0 Å². The van der Waals surface area contributed by atoms with Gasteiger partial charge in [-0.3, -0.25) is 0 Å². The van der Waals surface area contributed by atoms with Crippen molar-refractivity contribution in [3.8, 4) is 11.1 Å². The summed E-state index contributed by atoms with van der Waals surface area (Å²) in [5.74, 6) is 6.37. The molecule has 9 heteroatoms. The standard InChI is InChI=1S/C30H42NOP.C13H12N.CH4O3S.Pd/c1-2-4-28(27(3-1)31-5-7-32-8-6-31)33(29-15-21-9-22(16-29)11-23(10-21)17-29)30-18-24-12-25(19-30)14-26(13-24)20-30;1-14-13-10-6-5-9-12(13)11-7-3-2-4-8-11;1-5(2,3)4;/h1-4,21-26H,5-20H2;2-7,9-10,14H,1H3;1H3,(H,2,3,4);/q;-1;;+2/p-1. The van der Waals surface area contributed by atoms with Crippen LogP contribution in [-0.4, -0.2) is 62.9 Å². The second-order valence-corrected chi connectivity index (χ2v) is 21.9. The van der Waals surface area contributed by atoms with E-state index in [0.717, 1.165) is 73.1 Å². The smallest absolute Gasteiger partial charge is 0.748 e. The first-order chi connectivity index (χ1) is 25.1. The topological polar surface area (TPSA) is 81.7 Å². The van der Waals surface area contributed by atoms with Gasteiger partial charge in [0.05, 0.1) is 23.3 Å². The average molecular weight is 847 g/mol. The molecule has 6 nitrogen and oxygen atoms in total. The van der Waals surface area contributed by atoms with E-state index in [-0.39, 0.29) is 28.3 Å². The predicted molar refractivity (Wildman–Crippen MR) is 214 cm³/mol. The maximum Gasteiger partial charge on any atom is 2.00 e. The second kappa shape index (κ2) is 16.4. The van der Waals surface area contributed by atoms with Gasteiger partial charge in [-0.25, -0.2) is 8.42 Å². The molecule has 288 valence electrons. The average Bonchev–Trinajstić information content (AvgIpc) is 3.11. The first-order valence-corrected chi connectivity index (χ1v) is 23.1. The van der Waals surface area contributed by atoms with Crippen LogP contribution >= 0.6 is 7.92 Å². The third-order valence-electron chi connectivity index (χ3n) is 13.6. The molecular formula is C44H57N2O4PPdS. The Kier molecular flexibility index (Phi) is 12.2. The minimum Gasteiger partial charge on any atom is -0.748 e. The second-order valence-electron chi connectivity index (χ2n) is 17.5. The van der Waals surface area contributed by atoms with Crippen molar-refractivity contribution in [2.75, 3.05) is 49.8 Å². The molecule has 3 aromatic rings. The van der Waals surface area contributed by atoms with Crippen molar-refractivity contribution in [3.63, 3.8) is 0 Å². The molecule has 53 heavy (non-hydrogen) atoms. The number of nitrogens with zero attached hydrogens (tertiary/aromatic N) is 1. The summed E-state index contributed by atoms with van der Waals surface area (Å²) in [5.41, 5.74) is 5.07. The van der Waals surface area contributed by atoms with Gasteiger partial charge in [-0.05, 0) is 141 Å². The van der Waals surface area contributed by atoms with E-state index in [9.17, 15) is 0 Å². The van der Waals surface area contributed by atoms with Gasteiger partial charge in [0.15, 0.2) is 0 Å². The predicted octanol–water partition coefficient (Wildman–Crippen LogP) is 8.92. The number of anilines is 2. The summed E-state index contributed by atoms with van der Waals surface area (Å²) in [6.45, 7) is 3.98. The number of para-hydroxylation sites is 2. The van der Waals surface area contributed by atoms with Crippen LogP contribution in [0.25, 0.3) is 11.1 Å². The van der Waals surface area contributed by atoms with Crippen LogP contribution in [0.2, 0.25) is 0 Å². The van der Waals surface area contributed by atoms with Gasteiger partial charge in [-0.1, -0.05) is 49.9 Å². The van der Waals surface area contributed by atoms with Crippen LogP contribution in [0.4, 0.5) is 11.4 Å². The van der Waals surface area contributed by atoms with E-state index >= 15 is 0 Å². The zero-order valence-electron chi connectivity index (χ0n) is 31.5. The van der Waals surface area contributed by atoms with Crippen LogP contribution in [0, 0.1) is 41.6 Å². The Morgan fingerprint density at radius 1 is 0.736 bits per heavy atom. The molecule has 3 aromatic carbocycles. The summed E-state index contributed by atoms with van der Waals surface area (Å²) in [6.07, 6.45) is 19.6.